The first-order chi connectivity index (χ1) is 9.60. The zero-order chi connectivity index (χ0) is 14.5. The zero-order valence-electron chi connectivity index (χ0n) is 11.0. The molecular formula is C14H15F2N3O. The van der Waals surface area contributed by atoms with E-state index in [0.29, 0.717) is 11.3 Å². The van der Waals surface area contributed by atoms with Crippen molar-refractivity contribution in [3.8, 4) is 0 Å². The van der Waals surface area contributed by atoms with Crippen LogP contribution in [0.2, 0.25) is 0 Å². The average Bonchev–Trinajstić information content (AvgIpc) is 2.83. The third-order valence-electron chi connectivity index (χ3n) is 2.81. The number of benzene rings is 1. The first-order valence-corrected chi connectivity index (χ1v) is 6.35. The van der Waals surface area contributed by atoms with Gasteiger partial charge in [0.15, 0.2) is 0 Å². The predicted octanol–water partition coefficient (Wildman–Crippen LogP) is 2.57. The largest absolute Gasteiger partial charge is 0.348 e. The van der Waals surface area contributed by atoms with Gasteiger partial charge in [-0.3, -0.25) is 4.79 Å². The Morgan fingerprint density at radius 3 is 2.65 bits per heavy atom. The minimum absolute atomic E-state index is 0.0476. The summed E-state index contributed by atoms with van der Waals surface area (Å²) in [5, 5.41) is 2.60. The molecule has 1 aromatic carbocycles. The van der Waals surface area contributed by atoms with Gasteiger partial charge in [-0.15, -0.1) is 0 Å². The fourth-order valence-electron chi connectivity index (χ4n) is 1.94. The van der Waals surface area contributed by atoms with E-state index in [9.17, 15) is 13.6 Å². The molecule has 0 radical (unpaired) electrons. The summed E-state index contributed by atoms with van der Waals surface area (Å²) in [6.07, 6.45) is 3.07. The van der Waals surface area contributed by atoms with Crippen molar-refractivity contribution in [3.05, 3.63) is 53.1 Å². The zero-order valence-corrected chi connectivity index (χ0v) is 11.0. The summed E-state index contributed by atoms with van der Waals surface area (Å²) in [6.45, 7) is 2.05. The SMILES string of the molecule is CCCc1[nH]cnc1C(=O)NCc1cc(F)cc(F)c1. The molecule has 0 spiro atoms. The number of hydrogen-bond donors (Lipinski definition) is 2. The van der Waals surface area contributed by atoms with Crippen LogP contribution in [0.5, 0.6) is 0 Å². The molecule has 1 heterocycles. The van der Waals surface area contributed by atoms with Crippen molar-refractivity contribution in [2.24, 2.45) is 0 Å². The maximum absolute atomic E-state index is 13.0. The number of amides is 1. The summed E-state index contributed by atoms with van der Waals surface area (Å²) in [4.78, 5) is 18.8. The molecule has 1 aromatic heterocycles. The van der Waals surface area contributed by atoms with E-state index in [0.717, 1.165) is 24.6 Å². The molecule has 0 fully saturated rings. The third-order valence-corrected chi connectivity index (χ3v) is 2.81. The highest BCUT2D eigenvalue weighted by molar-refractivity contribution is 5.93. The molecule has 1 amide bonds. The highest BCUT2D eigenvalue weighted by Crippen LogP contribution is 2.09. The van der Waals surface area contributed by atoms with Crippen LogP contribution in [0.25, 0.3) is 0 Å². The number of carbonyl (C=O) groups excluding carboxylic acids is 1. The van der Waals surface area contributed by atoms with Crippen molar-refractivity contribution in [2.45, 2.75) is 26.3 Å². The number of nitrogens with one attached hydrogen (secondary N) is 2. The molecule has 0 unspecified atom stereocenters. The van der Waals surface area contributed by atoms with Gasteiger partial charge in [-0.25, -0.2) is 13.8 Å². The Hall–Kier alpha value is -2.24. The van der Waals surface area contributed by atoms with E-state index in [1.807, 2.05) is 6.92 Å². The van der Waals surface area contributed by atoms with Crippen LogP contribution < -0.4 is 5.32 Å². The second kappa shape index (κ2) is 6.27. The van der Waals surface area contributed by atoms with Crippen molar-refractivity contribution in [1.29, 1.82) is 0 Å². The summed E-state index contributed by atoms with van der Waals surface area (Å²) >= 11 is 0. The molecule has 106 valence electrons. The van der Waals surface area contributed by atoms with Gasteiger partial charge in [-0.2, -0.15) is 0 Å². The van der Waals surface area contributed by atoms with Crippen LogP contribution in [0.1, 0.15) is 35.1 Å². The summed E-state index contributed by atoms with van der Waals surface area (Å²) in [5.74, 6) is -1.69. The summed E-state index contributed by atoms with van der Waals surface area (Å²) in [5.41, 5.74) is 1.45. The normalized spacial score (nSPS) is 10.6. The molecule has 4 nitrogen and oxygen atoms in total. The van der Waals surface area contributed by atoms with Crippen LogP contribution in [-0.4, -0.2) is 15.9 Å². The topological polar surface area (TPSA) is 57.8 Å². The number of aromatic nitrogens is 2. The predicted molar refractivity (Wildman–Crippen MR) is 70.1 cm³/mol. The van der Waals surface area contributed by atoms with Gasteiger partial charge in [-0.05, 0) is 24.1 Å². The van der Waals surface area contributed by atoms with Gasteiger partial charge in [0.25, 0.3) is 5.91 Å². The Morgan fingerprint density at radius 1 is 1.30 bits per heavy atom. The molecule has 0 bridgehead atoms. The Labute approximate surface area is 115 Å². The minimum atomic E-state index is -0.666. The van der Waals surface area contributed by atoms with E-state index >= 15 is 0 Å². The standard InChI is InChI=1S/C14H15F2N3O/c1-2-3-12-13(19-8-18-12)14(20)17-7-9-4-10(15)6-11(16)5-9/h4-6,8H,2-3,7H2,1H3,(H,17,20)(H,18,19). The first-order valence-electron chi connectivity index (χ1n) is 6.35. The van der Waals surface area contributed by atoms with E-state index in [4.69, 9.17) is 0 Å². The smallest absolute Gasteiger partial charge is 0.272 e. The monoisotopic (exact) mass is 279 g/mol. The highest BCUT2D eigenvalue weighted by atomic mass is 19.1. The van der Waals surface area contributed by atoms with Crippen LogP contribution in [0, 0.1) is 11.6 Å². The lowest BCUT2D eigenvalue weighted by Gasteiger charge is -2.05. The Bertz CT molecular complexity index is 590. The first kappa shape index (κ1) is 14.2. The number of nitrogens with zero attached hydrogens (tertiary/aromatic N) is 1. The lowest BCUT2D eigenvalue weighted by Crippen LogP contribution is -2.24. The van der Waals surface area contributed by atoms with E-state index in [1.54, 1.807) is 0 Å². The van der Waals surface area contributed by atoms with Crippen LogP contribution in [0.3, 0.4) is 0 Å². The highest BCUT2D eigenvalue weighted by Gasteiger charge is 2.13. The summed E-state index contributed by atoms with van der Waals surface area (Å²) in [6, 6.07) is 3.15. The maximum Gasteiger partial charge on any atom is 0.272 e. The molecule has 2 N–H and O–H groups in total. The van der Waals surface area contributed by atoms with Crippen molar-refractivity contribution in [3.63, 3.8) is 0 Å². The minimum Gasteiger partial charge on any atom is -0.348 e. The lowest BCUT2D eigenvalue weighted by molar-refractivity contribution is 0.0945. The molecular weight excluding hydrogens is 264 g/mol. The second-order valence-electron chi connectivity index (χ2n) is 4.44. The van der Waals surface area contributed by atoms with E-state index in [1.165, 1.54) is 18.5 Å². The number of carbonyl (C=O) groups is 1. The van der Waals surface area contributed by atoms with Crippen LogP contribution >= 0.6 is 0 Å². The number of imidazole rings is 1. The molecule has 0 saturated heterocycles. The Morgan fingerprint density at radius 2 is 2.00 bits per heavy atom. The molecule has 2 aromatic rings. The van der Waals surface area contributed by atoms with E-state index in [2.05, 4.69) is 15.3 Å². The maximum atomic E-state index is 13.0. The van der Waals surface area contributed by atoms with E-state index < -0.39 is 11.6 Å². The molecule has 6 heteroatoms. The quantitative estimate of drug-likeness (QED) is 0.883. The van der Waals surface area contributed by atoms with Crippen LogP contribution in [0.4, 0.5) is 8.78 Å². The van der Waals surface area contributed by atoms with Gasteiger partial charge in [0.2, 0.25) is 0 Å². The molecule has 20 heavy (non-hydrogen) atoms. The van der Waals surface area contributed by atoms with Crippen molar-refractivity contribution < 1.29 is 13.6 Å². The van der Waals surface area contributed by atoms with Gasteiger partial charge >= 0.3 is 0 Å². The molecule has 0 aliphatic rings. The number of aryl methyl sites for hydroxylation is 1. The molecule has 0 aliphatic carbocycles. The number of halogens is 2. The Balaban J connectivity index is 2.03. The van der Waals surface area contributed by atoms with Gasteiger partial charge < -0.3 is 10.3 Å². The number of aromatic amines is 1. The number of hydrogen-bond acceptors (Lipinski definition) is 2. The van der Waals surface area contributed by atoms with Crippen molar-refractivity contribution in [2.75, 3.05) is 0 Å². The van der Waals surface area contributed by atoms with Crippen molar-refractivity contribution in [1.82, 2.24) is 15.3 Å². The number of rotatable bonds is 5. The fraction of sp³-hybridized carbons (Fsp3) is 0.286. The van der Waals surface area contributed by atoms with Crippen molar-refractivity contribution >= 4 is 5.91 Å². The summed E-state index contributed by atoms with van der Waals surface area (Å²) in [7, 11) is 0. The van der Waals surface area contributed by atoms with Crippen LogP contribution in [-0.2, 0) is 13.0 Å². The molecule has 0 aliphatic heterocycles. The number of H-pyrrole nitrogens is 1. The fourth-order valence-corrected chi connectivity index (χ4v) is 1.94. The molecule has 0 atom stereocenters. The summed E-state index contributed by atoms with van der Waals surface area (Å²) < 4.78 is 26.0. The third kappa shape index (κ3) is 3.40. The van der Waals surface area contributed by atoms with Gasteiger partial charge in [-0.1, -0.05) is 13.3 Å². The van der Waals surface area contributed by atoms with Gasteiger partial charge in [0, 0.05) is 18.3 Å². The second-order valence-corrected chi connectivity index (χ2v) is 4.44. The Kier molecular flexibility index (Phi) is 4.45. The molecule has 0 saturated carbocycles. The van der Waals surface area contributed by atoms with E-state index in [-0.39, 0.29) is 12.5 Å². The average molecular weight is 279 g/mol. The van der Waals surface area contributed by atoms with Gasteiger partial charge in [0.1, 0.15) is 17.3 Å². The van der Waals surface area contributed by atoms with Crippen LogP contribution in [0.15, 0.2) is 24.5 Å². The lowest BCUT2D eigenvalue weighted by atomic mass is 10.2. The molecule has 2 rings (SSSR count). The van der Waals surface area contributed by atoms with Gasteiger partial charge in [0.05, 0.1) is 6.33 Å².